The fourth-order valence-electron chi connectivity index (χ4n) is 1.09. The van der Waals surface area contributed by atoms with Gasteiger partial charge in [-0.2, -0.15) is 0 Å². The van der Waals surface area contributed by atoms with Crippen LogP contribution in [-0.4, -0.2) is 12.6 Å². The predicted octanol–water partition coefficient (Wildman–Crippen LogP) is 1.40. The first kappa shape index (κ1) is 7.63. The third-order valence-corrected chi connectivity index (χ3v) is 1.89. The molecule has 1 rings (SSSR count). The summed E-state index contributed by atoms with van der Waals surface area (Å²) in [7, 11) is 0. The van der Waals surface area contributed by atoms with E-state index in [1.165, 1.54) is 19.3 Å². The molecule has 1 aliphatic carbocycles. The van der Waals surface area contributed by atoms with Gasteiger partial charge in [-0.05, 0) is 31.7 Å². The minimum Gasteiger partial charge on any atom is -0.303 e. The van der Waals surface area contributed by atoms with E-state index in [4.69, 9.17) is 6.42 Å². The van der Waals surface area contributed by atoms with Crippen LogP contribution in [0, 0.1) is 18.3 Å². The molecule has 0 saturated heterocycles. The molecule has 0 spiro atoms. The minimum absolute atomic E-state index is 0.361. The van der Waals surface area contributed by atoms with Crippen molar-refractivity contribution in [3.05, 3.63) is 0 Å². The molecular weight excluding hydrogens is 122 g/mol. The monoisotopic (exact) mass is 137 g/mol. The van der Waals surface area contributed by atoms with Gasteiger partial charge < -0.3 is 5.32 Å². The van der Waals surface area contributed by atoms with E-state index in [1.54, 1.807) is 0 Å². The number of nitrogens with one attached hydrogen (secondary N) is 1. The van der Waals surface area contributed by atoms with Crippen LogP contribution in [0.4, 0.5) is 0 Å². The second-order valence-corrected chi connectivity index (χ2v) is 2.94. The molecule has 0 bridgehead atoms. The lowest BCUT2D eigenvalue weighted by molar-refractivity contribution is 0.551. The van der Waals surface area contributed by atoms with Crippen molar-refractivity contribution in [3.8, 4) is 12.3 Å². The number of hydrogen-bond acceptors (Lipinski definition) is 1. The molecule has 0 aliphatic heterocycles. The Labute approximate surface area is 63.2 Å². The predicted molar refractivity (Wildman–Crippen MR) is 43.6 cm³/mol. The van der Waals surface area contributed by atoms with Crippen LogP contribution in [0.1, 0.15) is 26.2 Å². The Kier molecular flexibility index (Phi) is 2.77. The summed E-state index contributed by atoms with van der Waals surface area (Å²) in [6.45, 7) is 3.22. The molecule has 0 aromatic carbocycles. The molecular formula is C9H15N. The molecule has 56 valence electrons. The van der Waals surface area contributed by atoms with E-state index < -0.39 is 0 Å². The first-order chi connectivity index (χ1) is 4.88. The van der Waals surface area contributed by atoms with Gasteiger partial charge in [0.25, 0.3) is 0 Å². The molecule has 1 heteroatoms. The van der Waals surface area contributed by atoms with Crippen LogP contribution in [0.25, 0.3) is 0 Å². The summed E-state index contributed by atoms with van der Waals surface area (Å²) >= 11 is 0. The lowest BCUT2D eigenvalue weighted by Crippen LogP contribution is -2.29. The minimum atomic E-state index is 0.361. The van der Waals surface area contributed by atoms with Crippen LogP contribution < -0.4 is 5.32 Å². The molecule has 1 unspecified atom stereocenters. The Balaban J connectivity index is 2.15. The van der Waals surface area contributed by atoms with Gasteiger partial charge >= 0.3 is 0 Å². The summed E-state index contributed by atoms with van der Waals surface area (Å²) in [6.07, 6.45) is 9.16. The molecule has 1 fully saturated rings. The molecule has 1 aliphatic rings. The SMILES string of the molecule is C#CC(NCCC)C1CC1. The maximum Gasteiger partial charge on any atom is 0.0715 e. The van der Waals surface area contributed by atoms with E-state index in [0.29, 0.717) is 6.04 Å². The van der Waals surface area contributed by atoms with E-state index in [0.717, 1.165) is 12.5 Å². The second-order valence-electron chi connectivity index (χ2n) is 2.94. The average molecular weight is 137 g/mol. The van der Waals surface area contributed by atoms with E-state index in [9.17, 15) is 0 Å². The van der Waals surface area contributed by atoms with Gasteiger partial charge in [0.15, 0.2) is 0 Å². The van der Waals surface area contributed by atoms with Crippen LogP contribution in [0.15, 0.2) is 0 Å². The summed E-state index contributed by atoms with van der Waals surface area (Å²) in [6, 6.07) is 0.361. The van der Waals surface area contributed by atoms with Gasteiger partial charge in [0.1, 0.15) is 0 Å². The van der Waals surface area contributed by atoms with Gasteiger partial charge in [-0.25, -0.2) is 0 Å². The first-order valence-corrected chi connectivity index (χ1v) is 4.08. The van der Waals surface area contributed by atoms with Crippen molar-refractivity contribution in [2.75, 3.05) is 6.54 Å². The van der Waals surface area contributed by atoms with E-state index >= 15 is 0 Å². The largest absolute Gasteiger partial charge is 0.303 e. The zero-order valence-electron chi connectivity index (χ0n) is 6.56. The summed E-state index contributed by atoms with van der Waals surface area (Å²) in [4.78, 5) is 0. The summed E-state index contributed by atoms with van der Waals surface area (Å²) < 4.78 is 0. The molecule has 1 N–H and O–H groups in total. The third kappa shape index (κ3) is 2.04. The van der Waals surface area contributed by atoms with Gasteiger partial charge in [-0.3, -0.25) is 0 Å². The summed E-state index contributed by atoms with van der Waals surface area (Å²) in [5.74, 6) is 3.58. The standard InChI is InChI=1S/C9H15N/c1-3-7-10-9(4-2)8-5-6-8/h2,8-10H,3,5-7H2,1H3. The fraction of sp³-hybridized carbons (Fsp3) is 0.778. The van der Waals surface area contributed by atoms with Gasteiger partial charge in [0.05, 0.1) is 6.04 Å². The summed E-state index contributed by atoms with van der Waals surface area (Å²) in [5.41, 5.74) is 0. The molecule has 1 nitrogen and oxygen atoms in total. The van der Waals surface area contributed by atoms with Crippen molar-refractivity contribution in [1.29, 1.82) is 0 Å². The number of hydrogen-bond donors (Lipinski definition) is 1. The molecule has 0 radical (unpaired) electrons. The molecule has 0 aromatic rings. The van der Waals surface area contributed by atoms with Crippen molar-refractivity contribution >= 4 is 0 Å². The van der Waals surface area contributed by atoms with Gasteiger partial charge in [-0.1, -0.05) is 12.8 Å². The number of rotatable bonds is 4. The van der Waals surface area contributed by atoms with Crippen LogP contribution in [0.3, 0.4) is 0 Å². The Morgan fingerprint density at radius 1 is 1.70 bits per heavy atom. The zero-order valence-corrected chi connectivity index (χ0v) is 6.56. The molecule has 0 heterocycles. The molecule has 1 saturated carbocycles. The van der Waals surface area contributed by atoms with Crippen molar-refractivity contribution in [1.82, 2.24) is 5.32 Å². The Bertz CT molecular complexity index is 130. The third-order valence-electron chi connectivity index (χ3n) is 1.89. The topological polar surface area (TPSA) is 12.0 Å². The maximum atomic E-state index is 5.34. The Hall–Kier alpha value is -0.480. The van der Waals surface area contributed by atoms with Crippen LogP contribution in [0.2, 0.25) is 0 Å². The highest BCUT2D eigenvalue weighted by molar-refractivity contribution is 5.06. The highest BCUT2D eigenvalue weighted by Crippen LogP contribution is 2.32. The molecule has 1 atom stereocenters. The fourth-order valence-corrected chi connectivity index (χ4v) is 1.09. The Morgan fingerprint density at radius 3 is 2.80 bits per heavy atom. The quantitative estimate of drug-likeness (QED) is 0.577. The van der Waals surface area contributed by atoms with Crippen molar-refractivity contribution in [2.45, 2.75) is 32.2 Å². The lowest BCUT2D eigenvalue weighted by Gasteiger charge is -2.09. The highest BCUT2D eigenvalue weighted by Gasteiger charge is 2.28. The van der Waals surface area contributed by atoms with E-state index in [-0.39, 0.29) is 0 Å². The zero-order chi connectivity index (χ0) is 7.40. The average Bonchev–Trinajstić information content (AvgIpc) is 2.73. The van der Waals surface area contributed by atoms with E-state index in [2.05, 4.69) is 18.2 Å². The van der Waals surface area contributed by atoms with Crippen molar-refractivity contribution < 1.29 is 0 Å². The van der Waals surface area contributed by atoms with Crippen LogP contribution >= 0.6 is 0 Å². The van der Waals surface area contributed by atoms with Crippen molar-refractivity contribution in [3.63, 3.8) is 0 Å². The normalized spacial score (nSPS) is 20.0. The van der Waals surface area contributed by atoms with Gasteiger partial charge in [-0.15, -0.1) is 6.42 Å². The van der Waals surface area contributed by atoms with E-state index in [1.807, 2.05) is 0 Å². The van der Waals surface area contributed by atoms with Crippen LogP contribution in [0.5, 0.6) is 0 Å². The first-order valence-electron chi connectivity index (χ1n) is 4.08. The van der Waals surface area contributed by atoms with Crippen molar-refractivity contribution in [2.24, 2.45) is 5.92 Å². The Morgan fingerprint density at radius 2 is 2.40 bits per heavy atom. The molecule has 0 aromatic heterocycles. The van der Waals surface area contributed by atoms with Crippen LogP contribution in [-0.2, 0) is 0 Å². The molecule has 0 amide bonds. The summed E-state index contributed by atoms with van der Waals surface area (Å²) in [5, 5.41) is 3.34. The van der Waals surface area contributed by atoms with Gasteiger partial charge in [0.2, 0.25) is 0 Å². The second kappa shape index (κ2) is 3.63. The lowest BCUT2D eigenvalue weighted by atomic mass is 10.2. The van der Waals surface area contributed by atoms with Gasteiger partial charge in [0, 0.05) is 0 Å². The maximum absolute atomic E-state index is 5.34. The molecule has 10 heavy (non-hydrogen) atoms. The highest BCUT2D eigenvalue weighted by atomic mass is 14.9. The number of terminal acetylenes is 1. The smallest absolute Gasteiger partial charge is 0.0715 e.